The fraction of sp³-hybridized carbons (Fsp3) is 0.375. The Balaban J connectivity index is 1.92. The summed E-state index contributed by atoms with van der Waals surface area (Å²) in [5.41, 5.74) is 1.02. The molecule has 3 rings (SSSR count). The summed E-state index contributed by atoms with van der Waals surface area (Å²) >= 11 is 0. The highest BCUT2D eigenvalue weighted by Crippen LogP contribution is 2.32. The molecule has 0 saturated heterocycles. The number of aromatic nitrogens is 2. The number of benzene rings is 1. The Morgan fingerprint density at radius 3 is 2.61 bits per heavy atom. The molecule has 1 aliphatic rings. The number of carboxylic acid groups (broad SMARTS) is 1. The van der Waals surface area contributed by atoms with Crippen LogP contribution in [0, 0.1) is 6.92 Å². The lowest BCUT2D eigenvalue weighted by Crippen LogP contribution is -2.59. The van der Waals surface area contributed by atoms with E-state index in [-0.39, 0.29) is 5.69 Å². The number of nitrogens with zero attached hydrogens (tertiary/aromatic N) is 2. The maximum Gasteiger partial charge on any atom is 0.329 e. The number of rotatable bonds is 4. The van der Waals surface area contributed by atoms with Gasteiger partial charge >= 0.3 is 5.97 Å². The number of carboxylic acids is 1. The van der Waals surface area contributed by atoms with E-state index in [1.165, 1.54) is 6.20 Å². The van der Waals surface area contributed by atoms with Crippen molar-refractivity contribution in [3.05, 3.63) is 29.6 Å². The first kappa shape index (κ1) is 15.2. The van der Waals surface area contributed by atoms with E-state index in [2.05, 4.69) is 15.3 Å². The molecule has 0 aliphatic heterocycles. The van der Waals surface area contributed by atoms with E-state index >= 15 is 0 Å². The van der Waals surface area contributed by atoms with Crippen molar-refractivity contribution < 1.29 is 19.4 Å². The highest BCUT2D eigenvalue weighted by atomic mass is 16.5. The van der Waals surface area contributed by atoms with Gasteiger partial charge < -0.3 is 15.2 Å². The summed E-state index contributed by atoms with van der Waals surface area (Å²) in [5.74, 6) is -0.880. The Morgan fingerprint density at radius 1 is 1.30 bits per heavy atom. The van der Waals surface area contributed by atoms with Crippen molar-refractivity contribution in [3.8, 4) is 5.75 Å². The van der Waals surface area contributed by atoms with Crippen molar-refractivity contribution in [1.82, 2.24) is 15.3 Å². The fourth-order valence-electron chi connectivity index (χ4n) is 2.68. The molecule has 2 N–H and O–H groups in total. The Kier molecular flexibility index (Phi) is 3.63. The molecule has 1 aromatic heterocycles. The van der Waals surface area contributed by atoms with E-state index < -0.39 is 17.4 Å². The first-order valence-electron chi connectivity index (χ1n) is 7.32. The maximum absolute atomic E-state index is 12.3. The van der Waals surface area contributed by atoms with E-state index in [1.54, 1.807) is 13.2 Å². The van der Waals surface area contributed by atoms with Crippen LogP contribution in [0.2, 0.25) is 0 Å². The Bertz CT molecular complexity index is 799. The topological polar surface area (TPSA) is 101 Å². The number of aliphatic carboxylic acids is 1. The van der Waals surface area contributed by atoms with Gasteiger partial charge in [-0.05, 0) is 37.8 Å². The molecule has 1 fully saturated rings. The van der Waals surface area contributed by atoms with Gasteiger partial charge in [-0.3, -0.25) is 9.78 Å². The number of ether oxygens (including phenoxy) is 1. The zero-order valence-electron chi connectivity index (χ0n) is 12.9. The molecule has 23 heavy (non-hydrogen) atoms. The zero-order valence-corrected chi connectivity index (χ0v) is 12.9. The average Bonchev–Trinajstić information content (AvgIpc) is 2.49. The molecule has 0 unspecified atom stereocenters. The molecule has 2 aromatic rings. The van der Waals surface area contributed by atoms with Crippen LogP contribution in [0.15, 0.2) is 18.3 Å². The van der Waals surface area contributed by atoms with Crippen LogP contribution in [0.4, 0.5) is 0 Å². The number of carbonyl (C=O) groups excluding carboxylic acids is 1. The molecule has 0 radical (unpaired) electrons. The quantitative estimate of drug-likeness (QED) is 0.890. The lowest BCUT2D eigenvalue weighted by atomic mass is 9.76. The minimum Gasteiger partial charge on any atom is -0.496 e. The van der Waals surface area contributed by atoms with Crippen molar-refractivity contribution in [2.45, 2.75) is 31.7 Å². The van der Waals surface area contributed by atoms with Gasteiger partial charge in [0.05, 0.1) is 24.3 Å². The van der Waals surface area contributed by atoms with Crippen molar-refractivity contribution in [3.63, 3.8) is 0 Å². The van der Waals surface area contributed by atoms with Crippen molar-refractivity contribution in [2.24, 2.45) is 0 Å². The van der Waals surface area contributed by atoms with E-state index in [1.807, 2.05) is 13.0 Å². The molecular weight excluding hydrogens is 298 g/mol. The maximum atomic E-state index is 12.3. The first-order chi connectivity index (χ1) is 10.9. The summed E-state index contributed by atoms with van der Waals surface area (Å²) < 4.78 is 5.25. The second-order valence-electron chi connectivity index (χ2n) is 5.76. The number of hydrogen-bond donors (Lipinski definition) is 2. The smallest absolute Gasteiger partial charge is 0.329 e. The summed E-state index contributed by atoms with van der Waals surface area (Å²) in [6, 6.07) is 3.54. The van der Waals surface area contributed by atoms with Crippen LogP contribution in [0.3, 0.4) is 0 Å². The van der Waals surface area contributed by atoms with Gasteiger partial charge in [0.15, 0.2) is 0 Å². The first-order valence-corrected chi connectivity index (χ1v) is 7.32. The normalized spacial score (nSPS) is 15.7. The molecule has 1 saturated carbocycles. The van der Waals surface area contributed by atoms with Crippen LogP contribution in [0.1, 0.15) is 35.3 Å². The van der Waals surface area contributed by atoms with Gasteiger partial charge in [-0.15, -0.1) is 0 Å². The summed E-state index contributed by atoms with van der Waals surface area (Å²) in [4.78, 5) is 32.2. The Labute approximate surface area is 132 Å². The van der Waals surface area contributed by atoms with Crippen molar-refractivity contribution in [2.75, 3.05) is 7.11 Å². The summed E-state index contributed by atoms with van der Waals surface area (Å²) in [5, 5.41) is 11.9. The standard InChI is InChI=1S/C16H17N3O4/c1-9-6-10-11(7-13(9)23-2)18-12(8-17-10)14(20)19-16(15(21)22)4-3-5-16/h6-8H,3-5H2,1-2H3,(H,19,20)(H,21,22). The number of nitrogens with one attached hydrogen (secondary N) is 1. The number of aryl methyl sites for hydroxylation is 1. The van der Waals surface area contributed by atoms with Gasteiger partial charge in [-0.25, -0.2) is 9.78 Å². The monoisotopic (exact) mass is 315 g/mol. The molecule has 1 aliphatic carbocycles. The van der Waals surface area contributed by atoms with E-state index in [0.717, 1.165) is 12.0 Å². The molecule has 7 heteroatoms. The SMILES string of the molecule is COc1cc2nc(C(=O)NC3(C(=O)O)CCC3)cnc2cc1C. The van der Waals surface area contributed by atoms with Gasteiger partial charge in [0.25, 0.3) is 5.91 Å². The third-order valence-corrected chi connectivity index (χ3v) is 4.26. The van der Waals surface area contributed by atoms with Crippen molar-refractivity contribution in [1.29, 1.82) is 0 Å². The minimum absolute atomic E-state index is 0.0935. The fourth-order valence-corrected chi connectivity index (χ4v) is 2.68. The number of methoxy groups -OCH3 is 1. The van der Waals surface area contributed by atoms with Crippen LogP contribution in [-0.4, -0.2) is 39.6 Å². The van der Waals surface area contributed by atoms with E-state index in [4.69, 9.17) is 4.74 Å². The minimum atomic E-state index is -1.17. The lowest BCUT2D eigenvalue weighted by molar-refractivity contribution is -0.148. The number of amides is 1. The zero-order chi connectivity index (χ0) is 16.6. The number of carbonyl (C=O) groups is 2. The van der Waals surface area contributed by atoms with Crippen LogP contribution in [-0.2, 0) is 4.79 Å². The molecule has 0 bridgehead atoms. The van der Waals surface area contributed by atoms with Gasteiger partial charge in [0.1, 0.15) is 17.0 Å². The lowest BCUT2D eigenvalue weighted by Gasteiger charge is -2.38. The number of hydrogen-bond acceptors (Lipinski definition) is 5. The third-order valence-electron chi connectivity index (χ3n) is 4.26. The molecule has 1 heterocycles. The summed E-state index contributed by atoms with van der Waals surface area (Å²) in [7, 11) is 1.56. The highest BCUT2D eigenvalue weighted by Gasteiger charge is 2.46. The van der Waals surface area contributed by atoms with Gasteiger partial charge in [0, 0.05) is 6.07 Å². The van der Waals surface area contributed by atoms with Crippen LogP contribution < -0.4 is 10.1 Å². The summed E-state index contributed by atoms with van der Waals surface area (Å²) in [6.45, 7) is 1.90. The average molecular weight is 315 g/mol. The van der Waals surface area contributed by atoms with Crippen molar-refractivity contribution >= 4 is 22.9 Å². The summed E-state index contributed by atoms with van der Waals surface area (Å²) in [6.07, 6.45) is 3.01. The molecule has 7 nitrogen and oxygen atoms in total. The second-order valence-corrected chi connectivity index (χ2v) is 5.76. The largest absolute Gasteiger partial charge is 0.496 e. The molecule has 1 amide bonds. The predicted molar refractivity (Wildman–Crippen MR) is 82.5 cm³/mol. The Morgan fingerprint density at radius 2 is 2.04 bits per heavy atom. The van der Waals surface area contributed by atoms with Crippen LogP contribution in [0.5, 0.6) is 5.75 Å². The van der Waals surface area contributed by atoms with Crippen LogP contribution >= 0.6 is 0 Å². The van der Waals surface area contributed by atoms with Gasteiger partial charge in [0.2, 0.25) is 0 Å². The number of fused-ring (bicyclic) bond motifs is 1. The van der Waals surface area contributed by atoms with Gasteiger partial charge in [-0.2, -0.15) is 0 Å². The molecular formula is C16H17N3O4. The van der Waals surface area contributed by atoms with Crippen LogP contribution in [0.25, 0.3) is 11.0 Å². The highest BCUT2D eigenvalue weighted by molar-refractivity contribution is 5.97. The molecule has 120 valence electrons. The molecule has 1 aromatic carbocycles. The molecule has 0 spiro atoms. The third kappa shape index (κ3) is 2.58. The molecule has 0 atom stereocenters. The van der Waals surface area contributed by atoms with Gasteiger partial charge in [-0.1, -0.05) is 0 Å². The second kappa shape index (κ2) is 5.49. The predicted octanol–water partition coefficient (Wildman–Crippen LogP) is 1.68. The van der Waals surface area contributed by atoms with E-state index in [0.29, 0.717) is 29.6 Å². The van der Waals surface area contributed by atoms with E-state index in [9.17, 15) is 14.7 Å². The Hall–Kier alpha value is -2.70.